The summed E-state index contributed by atoms with van der Waals surface area (Å²) in [4.78, 5) is 14.5. The smallest absolute Gasteiger partial charge is 0.269 e. The van der Waals surface area contributed by atoms with Gasteiger partial charge in [-0.25, -0.2) is 0 Å². The molecule has 2 aromatic carbocycles. The Morgan fingerprint density at radius 1 is 1.22 bits per heavy atom. The van der Waals surface area contributed by atoms with Crippen molar-refractivity contribution < 1.29 is 14.2 Å². The molecular weight excluding hydrogens is 298 g/mol. The summed E-state index contributed by atoms with van der Waals surface area (Å²) in [6.07, 6.45) is 0.436. The summed E-state index contributed by atoms with van der Waals surface area (Å²) in [7, 11) is 1.59. The fraction of sp³-hybridized carbons (Fsp3) is 0.125. The Kier molecular flexibility index (Phi) is 4.01. The molecule has 0 amide bonds. The minimum Gasteiger partial charge on any atom is -0.497 e. The lowest BCUT2D eigenvalue weighted by Crippen LogP contribution is -1.92. The molecule has 0 atom stereocenters. The van der Waals surface area contributed by atoms with Gasteiger partial charge >= 0.3 is 0 Å². The Hall–Kier alpha value is -3.22. The Labute approximate surface area is 131 Å². The summed E-state index contributed by atoms with van der Waals surface area (Å²) in [5.41, 5.74) is 1.69. The van der Waals surface area contributed by atoms with Crippen LogP contribution in [-0.4, -0.2) is 22.2 Å². The molecule has 0 spiro atoms. The van der Waals surface area contributed by atoms with Gasteiger partial charge in [-0.05, 0) is 23.8 Å². The lowest BCUT2D eigenvalue weighted by molar-refractivity contribution is -0.384. The predicted molar refractivity (Wildman–Crippen MR) is 82.2 cm³/mol. The molecule has 0 saturated carbocycles. The van der Waals surface area contributed by atoms with E-state index in [9.17, 15) is 10.1 Å². The maximum absolute atomic E-state index is 10.6. The van der Waals surface area contributed by atoms with E-state index < -0.39 is 4.92 Å². The third-order valence-corrected chi connectivity index (χ3v) is 3.29. The van der Waals surface area contributed by atoms with Gasteiger partial charge in [-0.1, -0.05) is 23.4 Å². The van der Waals surface area contributed by atoms with Gasteiger partial charge in [0.15, 0.2) is 5.82 Å². The van der Waals surface area contributed by atoms with E-state index in [2.05, 4.69) is 10.1 Å². The van der Waals surface area contributed by atoms with E-state index in [1.807, 2.05) is 24.3 Å². The number of nitro benzene ring substituents is 1. The molecule has 3 aromatic rings. The van der Waals surface area contributed by atoms with E-state index >= 15 is 0 Å². The molecular formula is C16H13N3O4. The monoisotopic (exact) mass is 311 g/mol. The van der Waals surface area contributed by atoms with E-state index in [1.165, 1.54) is 12.1 Å². The van der Waals surface area contributed by atoms with Gasteiger partial charge in [0.1, 0.15) is 5.75 Å². The molecule has 0 fully saturated rings. The predicted octanol–water partition coefficient (Wildman–Crippen LogP) is 3.24. The van der Waals surface area contributed by atoms with Crippen LogP contribution in [0.3, 0.4) is 0 Å². The van der Waals surface area contributed by atoms with Gasteiger partial charge in [-0.2, -0.15) is 4.98 Å². The number of benzene rings is 2. The van der Waals surface area contributed by atoms with Crippen LogP contribution in [0.2, 0.25) is 0 Å². The van der Waals surface area contributed by atoms with E-state index in [0.29, 0.717) is 23.9 Å². The first kappa shape index (κ1) is 14.7. The van der Waals surface area contributed by atoms with Crippen LogP contribution in [0.15, 0.2) is 53.1 Å². The highest BCUT2D eigenvalue weighted by Crippen LogP contribution is 2.23. The number of aromatic nitrogens is 2. The number of non-ortho nitro benzene ring substituents is 1. The van der Waals surface area contributed by atoms with Gasteiger partial charge < -0.3 is 9.26 Å². The molecule has 0 aliphatic heterocycles. The van der Waals surface area contributed by atoms with Crippen molar-refractivity contribution in [2.24, 2.45) is 0 Å². The average Bonchev–Trinajstić information content (AvgIpc) is 3.04. The molecule has 0 aliphatic rings. The summed E-state index contributed by atoms with van der Waals surface area (Å²) in [6.45, 7) is 0. The minimum atomic E-state index is -0.432. The third kappa shape index (κ3) is 3.34. The molecule has 23 heavy (non-hydrogen) atoms. The molecule has 0 bridgehead atoms. The largest absolute Gasteiger partial charge is 0.497 e. The van der Waals surface area contributed by atoms with Crippen molar-refractivity contribution in [2.75, 3.05) is 7.11 Å². The number of nitro groups is 1. The minimum absolute atomic E-state index is 0.0546. The molecule has 1 aromatic heterocycles. The maximum atomic E-state index is 10.6. The first-order valence-electron chi connectivity index (χ1n) is 6.86. The van der Waals surface area contributed by atoms with E-state index in [-0.39, 0.29) is 5.69 Å². The number of nitrogens with zero attached hydrogens (tertiary/aromatic N) is 3. The van der Waals surface area contributed by atoms with Crippen LogP contribution in [-0.2, 0) is 6.42 Å². The van der Waals surface area contributed by atoms with Crippen molar-refractivity contribution >= 4 is 5.69 Å². The van der Waals surface area contributed by atoms with Gasteiger partial charge in [-0.15, -0.1) is 0 Å². The average molecular weight is 311 g/mol. The highest BCUT2D eigenvalue weighted by Gasteiger charge is 2.11. The second kappa shape index (κ2) is 6.27. The standard InChI is InChI=1S/C16H13N3O4/c1-22-14-4-2-3-12(10-14)16-17-15(18-23-16)9-11-5-7-13(8-6-11)19(20)21/h2-8,10H,9H2,1H3. The number of hydrogen-bond donors (Lipinski definition) is 0. The molecule has 116 valence electrons. The summed E-state index contributed by atoms with van der Waals surface area (Å²) in [5.74, 6) is 1.62. The molecule has 1 heterocycles. The lowest BCUT2D eigenvalue weighted by atomic mass is 10.1. The number of rotatable bonds is 5. The molecule has 0 N–H and O–H groups in total. The van der Waals surface area contributed by atoms with Crippen molar-refractivity contribution in [3.05, 3.63) is 70.0 Å². The molecule has 3 rings (SSSR count). The quantitative estimate of drug-likeness (QED) is 0.530. The van der Waals surface area contributed by atoms with Gasteiger partial charge in [0.25, 0.3) is 11.6 Å². The van der Waals surface area contributed by atoms with Crippen LogP contribution < -0.4 is 4.74 Å². The van der Waals surface area contributed by atoms with Crippen LogP contribution >= 0.6 is 0 Å². The number of hydrogen-bond acceptors (Lipinski definition) is 6. The van der Waals surface area contributed by atoms with Gasteiger partial charge in [0.05, 0.1) is 12.0 Å². The molecule has 0 saturated heterocycles. The molecule has 7 nitrogen and oxygen atoms in total. The van der Waals surface area contributed by atoms with Crippen LogP contribution in [0.1, 0.15) is 11.4 Å². The highest BCUT2D eigenvalue weighted by molar-refractivity contribution is 5.55. The zero-order valence-corrected chi connectivity index (χ0v) is 12.3. The summed E-state index contributed by atoms with van der Waals surface area (Å²) in [5, 5.41) is 14.6. The summed E-state index contributed by atoms with van der Waals surface area (Å²) >= 11 is 0. The van der Waals surface area contributed by atoms with E-state index in [0.717, 1.165) is 11.1 Å². The number of ether oxygens (including phenoxy) is 1. The first-order valence-corrected chi connectivity index (χ1v) is 6.86. The topological polar surface area (TPSA) is 91.3 Å². The van der Waals surface area contributed by atoms with Crippen LogP contribution in [0, 0.1) is 10.1 Å². The molecule has 0 unspecified atom stereocenters. The Morgan fingerprint density at radius 3 is 2.70 bits per heavy atom. The SMILES string of the molecule is COc1cccc(-c2nc(Cc3ccc([N+](=O)[O-])cc3)no2)c1. The van der Waals surface area contributed by atoms with Gasteiger partial charge in [-0.3, -0.25) is 10.1 Å². The van der Waals surface area contributed by atoms with Gasteiger partial charge in [0.2, 0.25) is 0 Å². The van der Waals surface area contributed by atoms with Gasteiger partial charge in [0, 0.05) is 24.1 Å². The summed E-state index contributed by atoms with van der Waals surface area (Å²) < 4.78 is 10.4. The molecule has 0 aliphatic carbocycles. The van der Waals surface area contributed by atoms with E-state index in [4.69, 9.17) is 9.26 Å². The second-order valence-corrected chi connectivity index (χ2v) is 4.85. The Bertz CT molecular complexity index is 827. The van der Waals surface area contributed by atoms with Crippen molar-refractivity contribution in [3.8, 4) is 17.2 Å². The van der Waals surface area contributed by atoms with Crippen molar-refractivity contribution in [3.63, 3.8) is 0 Å². The highest BCUT2D eigenvalue weighted by atomic mass is 16.6. The third-order valence-electron chi connectivity index (χ3n) is 3.29. The van der Waals surface area contributed by atoms with Crippen LogP contribution in [0.4, 0.5) is 5.69 Å². The summed E-state index contributed by atoms with van der Waals surface area (Å²) in [6, 6.07) is 13.6. The molecule has 0 radical (unpaired) electrons. The van der Waals surface area contributed by atoms with Crippen molar-refractivity contribution in [2.45, 2.75) is 6.42 Å². The van der Waals surface area contributed by atoms with Crippen LogP contribution in [0.25, 0.3) is 11.5 Å². The first-order chi connectivity index (χ1) is 11.2. The fourth-order valence-electron chi connectivity index (χ4n) is 2.12. The zero-order chi connectivity index (χ0) is 16.2. The number of methoxy groups -OCH3 is 1. The second-order valence-electron chi connectivity index (χ2n) is 4.85. The van der Waals surface area contributed by atoms with E-state index in [1.54, 1.807) is 19.2 Å². The van der Waals surface area contributed by atoms with Crippen molar-refractivity contribution in [1.29, 1.82) is 0 Å². The van der Waals surface area contributed by atoms with Crippen LogP contribution in [0.5, 0.6) is 5.75 Å². The zero-order valence-electron chi connectivity index (χ0n) is 12.3. The fourth-order valence-corrected chi connectivity index (χ4v) is 2.12. The maximum Gasteiger partial charge on any atom is 0.269 e. The Morgan fingerprint density at radius 2 is 2.00 bits per heavy atom. The Balaban J connectivity index is 1.77. The molecule has 7 heteroatoms. The lowest BCUT2D eigenvalue weighted by Gasteiger charge is -1.99. The van der Waals surface area contributed by atoms with Crippen molar-refractivity contribution in [1.82, 2.24) is 10.1 Å². The normalized spacial score (nSPS) is 10.5.